The zero-order valence-electron chi connectivity index (χ0n) is 14.5. The fourth-order valence-electron chi connectivity index (χ4n) is 2.25. The van der Waals surface area contributed by atoms with Gasteiger partial charge < -0.3 is 0 Å². The highest BCUT2D eigenvalue weighted by Gasteiger charge is 2.02. The molecule has 0 aliphatic heterocycles. The molecule has 114 valence electrons. The van der Waals surface area contributed by atoms with E-state index in [2.05, 4.69) is 71.9 Å². The molecule has 21 heavy (non-hydrogen) atoms. The first-order valence-electron chi connectivity index (χ1n) is 7.83. The molecule has 1 nitrogen and oxygen atoms in total. The van der Waals surface area contributed by atoms with E-state index >= 15 is 0 Å². The molecule has 0 heterocycles. The SMILES string of the molecule is CCC=C(C)CC(C/N=C(\C)c1ccc(C)cc1)=C(C)C. The van der Waals surface area contributed by atoms with Gasteiger partial charge in [-0.1, -0.05) is 54.0 Å². The Labute approximate surface area is 130 Å². The van der Waals surface area contributed by atoms with Crippen LogP contribution < -0.4 is 0 Å². The van der Waals surface area contributed by atoms with E-state index in [9.17, 15) is 0 Å². The van der Waals surface area contributed by atoms with Crippen molar-refractivity contribution >= 4 is 5.71 Å². The van der Waals surface area contributed by atoms with Crippen molar-refractivity contribution in [3.63, 3.8) is 0 Å². The van der Waals surface area contributed by atoms with Gasteiger partial charge in [-0.05, 0) is 58.6 Å². The molecule has 0 amide bonds. The molecule has 0 radical (unpaired) electrons. The third-order valence-electron chi connectivity index (χ3n) is 3.73. The van der Waals surface area contributed by atoms with Gasteiger partial charge in [0.15, 0.2) is 0 Å². The van der Waals surface area contributed by atoms with Crippen LogP contribution in [0, 0.1) is 6.92 Å². The molecule has 0 aromatic heterocycles. The molecule has 1 aromatic carbocycles. The van der Waals surface area contributed by atoms with E-state index < -0.39 is 0 Å². The fraction of sp³-hybridized carbons (Fsp3) is 0.450. The van der Waals surface area contributed by atoms with Crippen LogP contribution >= 0.6 is 0 Å². The maximum Gasteiger partial charge on any atom is 0.0608 e. The van der Waals surface area contributed by atoms with Crippen LogP contribution in [0.4, 0.5) is 0 Å². The largest absolute Gasteiger partial charge is 0.285 e. The number of allylic oxidation sites excluding steroid dienone is 3. The molecule has 1 rings (SSSR count). The number of benzene rings is 1. The van der Waals surface area contributed by atoms with Crippen LogP contribution in [0.3, 0.4) is 0 Å². The number of aliphatic imine (C=N–C) groups is 1. The summed E-state index contributed by atoms with van der Waals surface area (Å²) in [5.41, 5.74) is 7.89. The summed E-state index contributed by atoms with van der Waals surface area (Å²) in [6.07, 6.45) is 4.45. The summed E-state index contributed by atoms with van der Waals surface area (Å²) in [6, 6.07) is 8.59. The van der Waals surface area contributed by atoms with Crippen LogP contribution in [0.25, 0.3) is 0 Å². The molecule has 0 N–H and O–H groups in total. The average molecular weight is 283 g/mol. The van der Waals surface area contributed by atoms with Crippen molar-refractivity contribution < 1.29 is 0 Å². The predicted molar refractivity (Wildman–Crippen MR) is 95.3 cm³/mol. The normalized spacial score (nSPS) is 12.5. The van der Waals surface area contributed by atoms with Gasteiger partial charge in [-0.3, -0.25) is 4.99 Å². The van der Waals surface area contributed by atoms with Gasteiger partial charge in [0.25, 0.3) is 0 Å². The summed E-state index contributed by atoms with van der Waals surface area (Å²) < 4.78 is 0. The number of aryl methyl sites for hydroxylation is 1. The summed E-state index contributed by atoms with van der Waals surface area (Å²) in [6.45, 7) is 13.8. The van der Waals surface area contributed by atoms with E-state index in [1.165, 1.54) is 27.8 Å². The van der Waals surface area contributed by atoms with Crippen LogP contribution in [0.2, 0.25) is 0 Å². The van der Waals surface area contributed by atoms with Crippen LogP contribution in [0.1, 0.15) is 58.6 Å². The van der Waals surface area contributed by atoms with E-state index in [1.807, 2.05) is 0 Å². The van der Waals surface area contributed by atoms with Crippen molar-refractivity contribution in [1.29, 1.82) is 0 Å². The van der Waals surface area contributed by atoms with Crippen LogP contribution in [-0.2, 0) is 0 Å². The Balaban J connectivity index is 2.81. The topological polar surface area (TPSA) is 12.4 Å². The van der Waals surface area contributed by atoms with E-state index in [4.69, 9.17) is 4.99 Å². The minimum atomic E-state index is 0.803. The highest BCUT2D eigenvalue weighted by Crippen LogP contribution is 2.16. The van der Waals surface area contributed by atoms with Gasteiger partial charge in [0.2, 0.25) is 0 Å². The molecule has 1 aromatic rings. The third kappa shape index (κ3) is 6.12. The van der Waals surface area contributed by atoms with Gasteiger partial charge in [-0.25, -0.2) is 0 Å². The lowest BCUT2D eigenvalue weighted by molar-refractivity contribution is 0.973. The Morgan fingerprint density at radius 3 is 2.19 bits per heavy atom. The Bertz CT molecular complexity index is 538. The van der Waals surface area contributed by atoms with Gasteiger partial charge in [0.05, 0.1) is 6.54 Å². The molecule has 1 heteroatoms. The van der Waals surface area contributed by atoms with Crippen molar-refractivity contribution in [3.05, 3.63) is 58.2 Å². The second kappa shape index (κ2) is 8.61. The van der Waals surface area contributed by atoms with E-state index in [0.717, 1.165) is 25.1 Å². The minimum Gasteiger partial charge on any atom is -0.285 e. The lowest BCUT2D eigenvalue weighted by Gasteiger charge is -2.09. The fourth-order valence-corrected chi connectivity index (χ4v) is 2.25. The number of hydrogen-bond donors (Lipinski definition) is 0. The Morgan fingerprint density at radius 2 is 1.67 bits per heavy atom. The maximum atomic E-state index is 4.79. The second-order valence-corrected chi connectivity index (χ2v) is 6.01. The first-order valence-corrected chi connectivity index (χ1v) is 7.83. The number of rotatable bonds is 6. The minimum absolute atomic E-state index is 0.803. The first-order chi connectivity index (χ1) is 9.93. The van der Waals surface area contributed by atoms with Crippen molar-refractivity contribution in [2.24, 2.45) is 4.99 Å². The van der Waals surface area contributed by atoms with Crippen LogP contribution in [0.15, 0.2) is 52.1 Å². The molecule has 0 saturated heterocycles. The van der Waals surface area contributed by atoms with Gasteiger partial charge in [-0.15, -0.1) is 0 Å². The third-order valence-corrected chi connectivity index (χ3v) is 3.73. The lowest BCUT2D eigenvalue weighted by Crippen LogP contribution is -2.00. The Hall–Kier alpha value is -1.63. The average Bonchev–Trinajstić information content (AvgIpc) is 2.43. The number of hydrogen-bond acceptors (Lipinski definition) is 1. The molecule has 0 fully saturated rings. The van der Waals surface area contributed by atoms with E-state index in [1.54, 1.807) is 0 Å². The van der Waals surface area contributed by atoms with Crippen molar-refractivity contribution in [1.82, 2.24) is 0 Å². The van der Waals surface area contributed by atoms with Gasteiger partial charge in [0.1, 0.15) is 0 Å². The molecule has 0 bridgehead atoms. The second-order valence-electron chi connectivity index (χ2n) is 6.01. The quantitative estimate of drug-likeness (QED) is 0.456. The van der Waals surface area contributed by atoms with Crippen LogP contribution in [0.5, 0.6) is 0 Å². The highest BCUT2D eigenvalue weighted by molar-refractivity contribution is 5.98. The summed E-state index contributed by atoms with van der Waals surface area (Å²) in [7, 11) is 0. The van der Waals surface area contributed by atoms with Gasteiger partial charge in [0, 0.05) is 5.71 Å². The monoisotopic (exact) mass is 283 g/mol. The summed E-state index contributed by atoms with van der Waals surface area (Å²) in [5.74, 6) is 0. The molecule has 0 atom stereocenters. The predicted octanol–water partition coefficient (Wildman–Crippen LogP) is 5.89. The lowest BCUT2D eigenvalue weighted by atomic mass is 10.0. The summed E-state index contributed by atoms with van der Waals surface area (Å²) in [4.78, 5) is 4.79. The smallest absolute Gasteiger partial charge is 0.0608 e. The molecule has 0 aliphatic carbocycles. The van der Waals surface area contributed by atoms with E-state index in [0.29, 0.717) is 0 Å². The zero-order valence-corrected chi connectivity index (χ0v) is 14.5. The zero-order chi connectivity index (χ0) is 15.8. The van der Waals surface area contributed by atoms with Gasteiger partial charge >= 0.3 is 0 Å². The Kier molecular flexibility index (Phi) is 7.14. The maximum absolute atomic E-state index is 4.79. The molecular weight excluding hydrogens is 254 g/mol. The molecule has 0 spiro atoms. The highest BCUT2D eigenvalue weighted by atomic mass is 14.7. The van der Waals surface area contributed by atoms with Crippen molar-refractivity contribution in [2.75, 3.05) is 6.54 Å². The summed E-state index contributed by atoms with van der Waals surface area (Å²) in [5, 5.41) is 0. The molecular formula is C20H29N. The first kappa shape index (κ1) is 17.4. The standard InChI is InChI=1S/C20H29N/c1-7-8-17(5)13-20(15(2)3)14-21-18(6)19-11-9-16(4)10-12-19/h8-12H,7,13-14H2,1-6H3/b17-8?,21-18+. The Morgan fingerprint density at radius 1 is 1.05 bits per heavy atom. The van der Waals surface area contributed by atoms with E-state index in [-0.39, 0.29) is 0 Å². The van der Waals surface area contributed by atoms with Crippen LogP contribution in [-0.4, -0.2) is 12.3 Å². The molecule has 0 saturated carbocycles. The van der Waals surface area contributed by atoms with Crippen molar-refractivity contribution in [3.8, 4) is 0 Å². The molecule has 0 aliphatic rings. The molecule has 0 unspecified atom stereocenters. The summed E-state index contributed by atoms with van der Waals surface area (Å²) >= 11 is 0. The van der Waals surface area contributed by atoms with Crippen molar-refractivity contribution in [2.45, 2.75) is 54.4 Å². The number of nitrogens with zero attached hydrogens (tertiary/aromatic N) is 1. The van der Waals surface area contributed by atoms with Gasteiger partial charge in [-0.2, -0.15) is 0 Å².